The van der Waals surface area contributed by atoms with Gasteiger partial charge in [0.05, 0.1) is 6.61 Å². The minimum atomic E-state index is -4.19. The molecule has 0 saturated heterocycles. The maximum atomic E-state index is 8.95. The van der Waals surface area contributed by atoms with Crippen molar-refractivity contribution in [1.29, 1.82) is 0 Å². The molecule has 1 aromatic carbocycles. The molecule has 1 N–H and O–H groups in total. The summed E-state index contributed by atoms with van der Waals surface area (Å²) in [5, 5.41) is 0. The molecule has 0 unspecified atom stereocenters. The molecule has 0 aliphatic rings. The van der Waals surface area contributed by atoms with Gasteiger partial charge in [-0.1, -0.05) is 25.1 Å². The number of hydrogen-bond acceptors (Lipinski definition) is 3. The zero-order valence-electron chi connectivity index (χ0n) is 8.26. The molecular weight excluding hydrogens is 240 g/mol. The van der Waals surface area contributed by atoms with Gasteiger partial charge in [-0.2, -0.15) is 8.42 Å². The first-order chi connectivity index (χ1) is 6.93. The SMILES string of the molecule is CCCOc1ccccc1.O=S(=O)(O)Cl. The van der Waals surface area contributed by atoms with E-state index in [-0.39, 0.29) is 0 Å². The second-order valence-corrected chi connectivity index (χ2v) is 4.57. The Labute approximate surface area is 94.1 Å². The molecule has 0 atom stereocenters. The summed E-state index contributed by atoms with van der Waals surface area (Å²) in [7, 11) is -0.137. The van der Waals surface area contributed by atoms with E-state index in [0.717, 1.165) is 18.8 Å². The summed E-state index contributed by atoms with van der Waals surface area (Å²) < 4.78 is 30.5. The Bertz CT molecular complexity index is 342. The van der Waals surface area contributed by atoms with Crippen LogP contribution in [0.1, 0.15) is 13.3 Å². The molecule has 6 heteroatoms. The first-order valence-corrected chi connectivity index (χ1v) is 6.55. The molecule has 15 heavy (non-hydrogen) atoms. The van der Waals surface area contributed by atoms with E-state index in [4.69, 9.17) is 17.7 Å². The summed E-state index contributed by atoms with van der Waals surface area (Å²) in [6, 6.07) is 9.88. The van der Waals surface area contributed by atoms with Crippen LogP contribution in [0.3, 0.4) is 0 Å². The van der Waals surface area contributed by atoms with Crippen LogP contribution in [0.4, 0.5) is 0 Å². The predicted octanol–water partition coefficient (Wildman–Crippen LogP) is 2.50. The molecule has 1 aromatic rings. The molecule has 0 amide bonds. The van der Waals surface area contributed by atoms with Gasteiger partial charge in [0.25, 0.3) is 0 Å². The van der Waals surface area contributed by atoms with Crippen LogP contribution in [0, 0.1) is 0 Å². The Hall–Kier alpha value is -0.780. The van der Waals surface area contributed by atoms with Crippen LogP contribution in [0.2, 0.25) is 0 Å². The summed E-state index contributed by atoms with van der Waals surface area (Å²) in [4.78, 5) is 0. The van der Waals surface area contributed by atoms with Gasteiger partial charge in [-0.15, -0.1) is 0 Å². The van der Waals surface area contributed by atoms with Crippen molar-refractivity contribution in [3.63, 3.8) is 0 Å². The molecule has 0 spiro atoms. The van der Waals surface area contributed by atoms with Crippen LogP contribution in [-0.4, -0.2) is 19.6 Å². The fraction of sp³-hybridized carbons (Fsp3) is 0.333. The zero-order chi connectivity index (χ0) is 11.7. The van der Waals surface area contributed by atoms with Gasteiger partial charge < -0.3 is 4.74 Å². The van der Waals surface area contributed by atoms with Gasteiger partial charge in [0.15, 0.2) is 0 Å². The number of benzene rings is 1. The number of halogens is 1. The summed E-state index contributed by atoms with van der Waals surface area (Å²) >= 11 is 0. The Morgan fingerprint density at radius 3 is 2.20 bits per heavy atom. The average molecular weight is 253 g/mol. The fourth-order valence-corrected chi connectivity index (χ4v) is 0.737. The third-order valence-corrected chi connectivity index (χ3v) is 1.22. The van der Waals surface area contributed by atoms with Gasteiger partial charge in [0.2, 0.25) is 0 Å². The first-order valence-electron chi connectivity index (χ1n) is 4.28. The van der Waals surface area contributed by atoms with Crippen molar-refractivity contribution < 1.29 is 17.7 Å². The molecule has 0 saturated carbocycles. The molecule has 4 nitrogen and oxygen atoms in total. The molecule has 0 heterocycles. The van der Waals surface area contributed by atoms with E-state index in [0.29, 0.717) is 0 Å². The fourth-order valence-electron chi connectivity index (χ4n) is 0.737. The summed E-state index contributed by atoms with van der Waals surface area (Å²) in [5.41, 5.74) is 0. The number of hydrogen-bond donors (Lipinski definition) is 1. The lowest BCUT2D eigenvalue weighted by Crippen LogP contribution is -1.93. The highest BCUT2D eigenvalue weighted by Crippen LogP contribution is 2.07. The third-order valence-electron chi connectivity index (χ3n) is 1.22. The van der Waals surface area contributed by atoms with E-state index in [1.807, 2.05) is 30.3 Å². The minimum absolute atomic E-state index is 0.810. The van der Waals surface area contributed by atoms with Gasteiger partial charge in [-0.3, -0.25) is 4.55 Å². The summed E-state index contributed by atoms with van der Waals surface area (Å²) in [6.45, 7) is 2.91. The Morgan fingerprint density at radius 2 is 1.80 bits per heavy atom. The topological polar surface area (TPSA) is 63.6 Å². The van der Waals surface area contributed by atoms with E-state index in [2.05, 4.69) is 17.6 Å². The average Bonchev–Trinajstić information content (AvgIpc) is 2.14. The molecule has 0 bridgehead atoms. The molecule has 0 radical (unpaired) electrons. The normalized spacial score (nSPS) is 10.1. The third kappa shape index (κ3) is 13.2. The van der Waals surface area contributed by atoms with Crippen LogP contribution < -0.4 is 4.74 Å². The van der Waals surface area contributed by atoms with Gasteiger partial charge in [-0.25, -0.2) is 0 Å². The molecule has 0 aliphatic carbocycles. The van der Waals surface area contributed by atoms with Crippen molar-refractivity contribution in [1.82, 2.24) is 0 Å². The minimum Gasteiger partial charge on any atom is -0.494 e. The van der Waals surface area contributed by atoms with E-state index >= 15 is 0 Å². The van der Waals surface area contributed by atoms with Gasteiger partial charge in [0, 0.05) is 10.7 Å². The Morgan fingerprint density at radius 1 is 1.33 bits per heavy atom. The Kier molecular flexibility index (Phi) is 7.11. The van der Waals surface area contributed by atoms with Crippen molar-refractivity contribution in [2.45, 2.75) is 13.3 Å². The predicted molar refractivity (Wildman–Crippen MR) is 59.6 cm³/mol. The second-order valence-electron chi connectivity index (χ2n) is 2.57. The molecule has 86 valence electrons. The largest absolute Gasteiger partial charge is 0.494 e. The van der Waals surface area contributed by atoms with E-state index in [9.17, 15) is 0 Å². The Balaban J connectivity index is 0.000000336. The monoisotopic (exact) mass is 252 g/mol. The summed E-state index contributed by atoms with van der Waals surface area (Å²) in [6.07, 6.45) is 1.06. The van der Waals surface area contributed by atoms with Crippen molar-refractivity contribution in [2.75, 3.05) is 6.61 Å². The lowest BCUT2D eigenvalue weighted by molar-refractivity contribution is 0.317. The van der Waals surface area contributed by atoms with Gasteiger partial charge in [-0.05, 0) is 18.6 Å². The molecule has 0 aromatic heterocycles. The highest BCUT2D eigenvalue weighted by Gasteiger charge is 1.87. The second kappa shape index (κ2) is 7.50. The van der Waals surface area contributed by atoms with Crippen molar-refractivity contribution in [2.24, 2.45) is 0 Å². The quantitative estimate of drug-likeness (QED) is 0.663. The van der Waals surface area contributed by atoms with E-state index in [1.54, 1.807) is 0 Å². The van der Waals surface area contributed by atoms with E-state index < -0.39 is 9.33 Å². The molecule has 0 fully saturated rings. The van der Waals surface area contributed by atoms with Crippen LogP contribution >= 0.6 is 10.7 Å². The standard InChI is InChI=1S/C9H12O.ClHO3S/c1-2-8-10-9-6-4-3-5-7-9;1-5(2,3)4/h3-7H,2,8H2,1H3;(H,2,3,4). The number of para-hydroxylation sites is 1. The van der Waals surface area contributed by atoms with Crippen molar-refractivity contribution in [3.05, 3.63) is 30.3 Å². The van der Waals surface area contributed by atoms with Gasteiger partial charge in [0.1, 0.15) is 5.75 Å². The van der Waals surface area contributed by atoms with Gasteiger partial charge >= 0.3 is 9.33 Å². The highest BCUT2D eigenvalue weighted by molar-refractivity contribution is 8.09. The van der Waals surface area contributed by atoms with Crippen LogP contribution in [0.15, 0.2) is 30.3 Å². The highest BCUT2D eigenvalue weighted by atomic mass is 35.7. The lowest BCUT2D eigenvalue weighted by Gasteiger charge is -2.01. The smallest absolute Gasteiger partial charge is 0.353 e. The maximum Gasteiger partial charge on any atom is 0.353 e. The maximum absolute atomic E-state index is 8.95. The number of ether oxygens (including phenoxy) is 1. The van der Waals surface area contributed by atoms with Crippen molar-refractivity contribution >= 4 is 20.0 Å². The zero-order valence-corrected chi connectivity index (χ0v) is 9.83. The lowest BCUT2D eigenvalue weighted by atomic mass is 10.3. The van der Waals surface area contributed by atoms with Crippen LogP contribution in [0.5, 0.6) is 5.75 Å². The number of rotatable bonds is 3. The summed E-state index contributed by atoms with van der Waals surface area (Å²) in [5.74, 6) is 0.962. The van der Waals surface area contributed by atoms with Crippen molar-refractivity contribution in [3.8, 4) is 5.75 Å². The van der Waals surface area contributed by atoms with Crippen LogP contribution in [0.25, 0.3) is 0 Å². The van der Waals surface area contributed by atoms with Crippen LogP contribution in [-0.2, 0) is 9.33 Å². The molecular formula is C9H13ClO4S. The first kappa shape index (κ1) is 14.2. The van der Waals surface area contributed by atoms with E-state index in [1.165, 1.54) is 0 Å². The molecule has 1 rings (SSSR count). The molecule has 0 aliphatic heterocycles.